The summed E-state index contributed by atoms with van der Waals surface area (Å²) in [6, 6.07) is 0. The first-order valence-corrected chi connectivity index (χ1v) is 6.49. The van der Waals surface area contributed by atoms with Crippen LogP contribution in [0.25, 0.3) is 0 Å². The van der Waals surface area contributed by atoms with Gasteiger partial charge >= 0.3 is 0 Å². The van der Waals surface area contributed by atoms with Crippen LogP contribution in [0.4, 0.5) is 0 Å². The zero-order chi connectivity index (χ0) is 13.1. The van der Waals surface area contributed by atoms with Crippen molar-refractivity contribution in [3.63, 3.8) is 0 Å². The van der Waals surface area contributed by atoms with Gasteiger partial charge in [-0.25, -0.2) is 0 Å². The molecule has 1 atom stereocenters. The number of hydrogen-bond acceptors (Lipinski definition) is 3. The van der Waals surface area contributed by atoms with Gasteiger partial charge in [0.2, 0.25) is 5.91 Å². The molecule has 1 saturated heterocycles. The van der Waals surface area contributed by atoms with Gasteiger partial charge in [-0.05, 0) is 39.7 Å². The van der Waals surface area contributed by atoms with Gasteiger partial charge in [-0.15, -0.1) is 0 Å². The lowest BCUT2D eigenvalue weighted by Gasteiger charge is -2.39. The first-order valence-electron chi connectivity index (χ1n) is 6.49. The predicted octanol–water partition coefficient (Wildman–Crippen LogP) is 0.996. The van der Waals surface area contributed by atoms with Crippen LogP contribution in [0.2, 0.25) is 0 Å². The van der Waals surface area contributed by atoms with E-state index in [9.17, 15) is 9.90 Å². The number of amides is 1. The molecule has 0 aromatic rings. The van der Waals surface area contributed by atoms with E-state index in [1.165, 1.54) is 0 Å². The molecule has 2 N–H and O–H groups in total. The molecule has 4 heteroatoms. The molecule has 100 valence electrons. The summed E-state index contributed by atoms with van der Waals surface area (Å²) in [5.74, 6) is 0.161. The summed E-state index contributed by atoms with van der Waals surface area (Å²) in [6.45, 7) is 7.68. The Morgan fingerprint density at radius 1 is 1.53 bits per heavy atom. The van der Waals surface area contributed by atoms with Gasteiger partial charge in [0.15, 0.2) is 0 Å². The fourth-order valence-electron chi connectivity index (χ4n) is 2.66. The van der Waals surface area contributed by atoms with Crippen molar-refractivity contribution in [3.8, 4) is 0 Å². The Kier molecular flexibility index (Phi) is 4.55. The largest absolute Gasteiger partial charge is 0.389 e. The molecule has 1 unspecified atom stereocenters. The Labute approximate surface area is 104 Å². The normalized spacial score (nSPS) is 25.7. The van der Waals surface area contributed by atoms with Gasteiger partial charge in [0.25, 0.3) is 0 Å². The number of piperidine rings is 1. The fraction of sp³-hybridized carbons (Fsp3) is 0.923. The Morgan fingerprint density at radius 2 is 2.18 bits per heavy atom. The lowest BCUT2D eigenvalue weighted by Crippen LogP contribution is -2.53. The molecule has 0 aliphatic carbocycles. The number of aliphatic hydroxyl groups is 1. The Bertz CT molecular complexity index is 265. The third-order valence-electron chi connectivity index (χ3n) is 3.57. The van der Waals surface area contributed by atoms with Crippen molar-refractivity contribution in [3.05, 3.63) is 0 Å². The van der Waals surface area contributed by atoms with E-state index in [1.54, 1.807) is 25.8 Å². The van der Waals surface area contributed by atoms with E-state index in [1.807, 2.05) is 0 Å². The summed E-state index contributed by atoms with van der Waals surface area (Å²) >= 11 is 0. The van der Waals surface area contributed by atoms with Crippen LogP contribution < -0.4 is 5.32 Å². The summed E-state index contributed by atoms with van der Waals surface area (Å²) < 4.78 is 0. The first kappa shape index (κ1) is 14.5. The van der Waals surface area contributed by atoms with E-state index in [4.69, 9.17) is 0 Å². The van der Waals surface area contributed by atoms with Crippen molar-refractivity contribution in [1.29, 1.82) is 0 Å². The molecular weight excluding hydrogens is 216 g/mol. The standard InChI is InChI=1S/C13H26N2O2/c1-5-13(7-6-8-14-9-13)11(16)15(4)10-12(2,3)17/h14,17H,5-10H2,1-4H3. The molecule has 1 fully saturated rings. The van der Waals surface area contributed by atoms with Crippen LogP contribution in [0.15, 0.2) is 0 Å². The molecule has 1 heterocycles. The van der Waals surface area contributed by atoms with Gasteiger partial charge in [-0.2, -0.15) is 0 Å². The lowest BCUT2D eigenvalue weighted by molar-refractivity contribution is -0.144. The molecule has 0 bridgehead atoms. The van der Waals surface area contributed by atoms with Crippen molar-refractivity contribution < 1.29 is 9.90 Å². The molecule has 1 amide bonds. The van der Waals surface area contributed by atoms with Crippen LogP contribution in [0.5, 0.6) is 0 Å². The van der Waals surface area contributed by atoms with E-state index < -0.39 is 5.60 Å². The highest BCUT2D eigenvalue weighted by molar-refractivity contribution is 5.83. The lowest BCUT2D eigenvalue weighted by atomic mass is 9.77. The van der Waals surface area contributed by atoms with Gasteiger partial charge in [-0.3, -0.25) is 4.79 Å². The molecule has 17 heavy (non-hydrogen) atoms. The third-order valence-corrected chi connectivity index (χ3v) is 3.57. The van der Waals surface area contributed by atoms with Crippen LogP contribution in [0.1, 0.15) is 40.0 Å². The minimum atomic E-state index is -0.832. The second kappa shape index (κ2) is 5.36. The van der Waals surface area contributed by atoms with Crippen LogP contribution in [-0.2, 0) is 4.79 Å². The van der Waals surface area contributed by atoms with E-state index in [-0.39, 0.29) is 11.3 Å². The summed E-state index contributed by atoms with van der Waals surface area (Å²) in [4.78, 5) is 14.2. The smallest absolute Gasteiger partial charge is 0.229 e. The zero-order valence-electron chi connectivity index (χ0n) is 11.5. The van der Waals surface area contributed by atoms with Crippen molar-refractivity contribution in [2.24, 2.45) is 5.41 Å². The van der Waals surface area contributed by atoms with E-state index >= 15 is 0 Å². The number of nitrogens with one attached hydrogen (secondary N) is 1. The van der Waals surface area contributed by atoms with E-state index in [0.717, 1.165) is 32.4 Å². The summed E-state index contributed by atoms with van der Waals surface area (Å²) in [5.41, 5.74) is -1.10. The number of nitrogens with zero attached hydrogens (tertiary/aromatic N) is 1. The van der Waals surface area contributed by atoms with Gasteiger partial charge < -0.3 is 15.3 Å². The molecule has 0 saturated carbocycles. The average molecular weight is 242 g/mol. The maximum absolute atomic E-state index is 12.5. The van der Waals surface area contributed by atoms with Crippen molar-refractivity contribution in [2.45, 2.75) is 45.6 Å². The fourth-order valence-corrected chi connectivity index (χ4v) is 2.66. The van der Waals surface area contributed by atoms with Gasteiger partial charge in [0, 0.05) is 20.1 Å². The Morgan fingerprint density at radius 3 is 2.59 bits per heavy atom. The van der Waals surface area contributed by atoms with Crippen molar-refractivity contribution in [1.82, 2.24) is 10.2 Å². The number of carbonyl (C=O) groups is 1. The summed E-state index contributed by atoms with van der Waals surface area (Å²) in [5, 5.41) is 13.1. The van der Waals surface area contributed by atoms with Gasteiger partial charge in [0.1, 0.15) is 0 Å². The molecular formula is C13H26N2O2. The maximum atomic E-state index is 12.5. The summed E-state index contributed by atoms with van der Waals surface area (Å²) in [6.07, 6.45) is 2.86. The van der Waals surface area contributed by atoms with Crippen molar-refractivity contribution >= 4 is 5.91 Å². The average Bonchev–Trinajstić information content (AvgIpc) is 2.26. The maximum Gasteiger partial charge on any atom is 0.229 e. The van der Waals surface area contributed by atoms with Crippen molar-refractivity contribution in [2.75, 3.05) is 26.7 Å². The molecule has 1 aliphatic heterocycles. The van der Waals surface area contributed by atoms with E-state index in [2.05, 4.69) is 12.2 Å². The number of carbonyl (C=O) groups excluding carboxylic acids is 1. The minimum absolute atomic E-state index is 0.161. The van der Waals surface area contributed by atoms with Crippen LogP contribution in [0, 0.1) is 5.41 Å². The second-order valence-electron chi connectivity index (χ2n) is 5.89. The number of rotatable bonds is 4. The quantitative estimate of drug-likeness (QED) is 0.773. The number of likely N-dealkylation sites (N-methyl/N-ethyl adjacent to an activating group) is 1. The van der Waals surface area contributed by atoms with Crippen LogP contribution in [-0.4, -0.2) is 48.2 Å². The molecule has 0 aromatic heterocycles. The Hall–Kier alpha value is -0.610. The minimum Gasteiger partial charge on any atom is -0.389 e. The predicted molar refractivity (Wildman–Crippen MR) is 68.8 cm³/mol. The van der Waals surface area contributed by atoms with Gasteiger partial charge in [0.05, 0.1) is 11.0 Å². The van der Waals surface area contributed by atoms with Crippen LogP contribution >= 0.6 is 0 Å². The highest BCUT2D eigenvalue weighted by atomic mass is 16.3. The summed E-state index contributed by atoms with van der Waals surface area (Å²) in [7, 11) is 1.78. The van der Waals surface area contributed by atoms with E-state index in [0.29, 0.717) is 6.54 Å². The SMILES string of the molecule is CCC1(C(=O)N(C)CC(C)(C)O)CCCNC1. The molecule has 0 radical (unpaired) electrons. The molecule has 4 nitrogen and oxygen atoms in total. The van der Waals surface area contributed by atoms with Gasteiger partial charge in [-0.1, -0.05) is 6.92 Å². The Balaban J connectivity index is 2.71. The molecule has 1 rings (SSSR count). The first-order chi connectivity index (χ1) is 7.81. The third kappa shape index (κ3) is 3.68. The molecule has 1 aliphatic rings. The highest BCUT2D eigenvalue weighted by Gasteiger charge is 2.40. The molecule has 0 aromatic carbocycles. The second-order valence-corrected chi connectivity index (χ2v) is 5.89. The highest BCUT2D eigenvalue weighted by Crippen LogP contribution is 2.32. The zero-order valence-corrected chi connectivity index (χ0v) is 11.5. The topological polar surface area (TPSA) is 52.6 Å². The monoisotopic (exact) mass is 242 g/mol. The van der Waals surface area contributed by atoms with Crippen LogP contribution in [0.3, 0.4) is 0 Å². The molecule has 0 spiro atoms. The number of hydrogen-bond donors (Lipinski definition) is 2.